The molecule has 0 aromatic rings. The van der Waals surface area contributed by atoms with Crippen molar-refractivity contribution in [2.24, 2.45) is 0 Å². The first kappa shape index (κ1) is 89.2. The third-order valence-corrected chi connectivity index (χ3v) is 19.9. The molecule has 0 aliphatic carbocycles. The number of unbranched alkanes of at least 4 members (excludes halogenated alkanes) is 43. The molecule has 3 heterocycles. The molecule has 17 atom stereocenters. The number of hydrogen-bond donors (Lipinski definition) is 12. The van der Waals surface area contributed by atoms with E-state index in [0.29, 0.717) is 12.8 Å². The molecule has 3 fully saturated rings. The highest BCUT2D eigenvalue weighted by Crippen LogP contribution is 2.33. The standard InChI is InChI=1S/C78H145NO18/c1-3-5-7-9-11-13-15-17-19-21-22-23-24-25-26-27-28-29-30-31-32-33-34-35-36-37-38-40-42-44-46-48-50-52-54-56-66(84)79-61(62(83)55-53-51-49-47-45-43-41-39-20-18-16-14-12-10-8-6-4-2)60-92-76-72(90)69(87)74(64(58-81)94-76)97-78-73(91)70(88)75(65(59-82)95-78)96-77-71(89)68(86)67(85)63(57-80)93-77/h20,39,45,47,53,55,61-65,67-78,80-83,85-91H,3-19,21-38,40-44,46,48-52,54,56-60H2,1-2H3,(H,79,84)/b39-20+,47-45+,55-53+. The molecule has 0 radical (unpaired) electrons. The van der Waals surface area contributed by atoms with E-state index in [0.717, 1.165) is 44.9 Å². The third kappa shape index (κ3) is 40.0. The second kappa shape index (κ2) is 59.4. The quantitative estimate of drug-likeness (QED) is 0.0199. The lowest BCUT2D eigenvalue weighted by Gasteiger charge is -2.48. The highest BCUT2D eigenvalue weighted by atomic mass is 16.8. The smallest absolute Gasteiger partial charge is 0.220 e. The summed E-state index contributed by atoms with van der Waals surface area (Å²) in [4.78, 5) is 13.4. The van der Waals surface area contributed by atoms with Crippen LogP contribution in [0.25, 0.3) is 0 Å². The number of nitrogens with one attached hydrogen (secondary N) is 1. The lowest BCUT2D eigenvalue weighted by atomic mass is 9.96. The second-order valence-corrected chi connectivity index (χ2v) is 28.5. The van der Waals surface area contributed by atoms with Crippen molar-refractivity contribution >= 4 is 5.91 Å². The van der Waals surface area contributed by atoms with E-state index in [9.17, 15) is 61.0 Å². The Kier molecular flexibility index (Phi) is 54.6. The zero-order chi connectivity index (χ0) is 70.4. The van der Waals surface area contributed by atoms with Crippen LogP contribution in [0.15, 0.2) is 36.5 Å². The average Bonchev–Trinajstić information content (AvgIpc) is 0.789. The number of hydrogen-bond acceptors (Lipinski definition) is 18. The summed E-state index contributed by atoms with van der Waals surface area (Å²) in [6.45, 7) is 1.74. The van der Waals surface area contributed by atoms with Crippen LogP contribution in [0.4, 0.5) is 0 Å². The van der Waals surface area contributed by atoms with Crippen molar-refractivity contribution in [3.05, 3.63) is 36.5 Å². The van der Waals surface area contributed by atoms with Gasteiger partial charge in [0.2, 0.25) is 5.91 Å². The normalized spacial score (nSPS) is 27.0. The first-order valence-electron chi connectivity index (χ1n) is 39.7. The summed E-state index contributed by atoms with van der Waals surface area (Å²) in [5.41, 5.74) is 0. The molecule has 3 aliphatic rings. The highest BCUT2D eigenvalue weighted by Gasteiger charge is 2.53. The summed E-state index contributed by atoms with van der Waals surface area (Å²) in [7, 11) is 0. The highest BCUT2D eigenvalue weighted by molar-refractivity contribution is 5.76. The molecule has 3 rings (SSSR count). The first-order chi connectivity index (χ1) is 47.3. The van der Waals surface area contributed by atoms with Crippen LogP contribution in [0.5, 0.6) is 0 Å². The molecule has 0 spiro atoms. The molecule has 0 aromatic heterocycles. The maximum Gasteiger partial charge on any atom is 0.220 e. The van der Waals surface area contributed by atoms with Crippen LogP contribution in [-0.4, -0.2) is 193 Å². The van der Waals surface area contributed by atoms with E-state index in [1.54, 1.807) is 6.08 Å². The molecule has 97 heavy (non-hydrogen) atoms. The SMILES string of the molecule is CCCCCCCCC/C=C/CC/C=C/CC/C=C/C(O)C(COC1OC(CO)C(OC2OC(CO)C(OC3OC(CO)C(O)C(O)C3O)C(O)C2O)C(O)C1O)NC(=O)CCCCCCCCCCCCCCCCCCCCCCCCCCCCCCCCCCCCC. The molecule has 0 bridgehead atoms. The van der Waals surface area contributed by atoms with E-state index in [1.165, 1.54) is 244 Å². The van der Waals surface area contributed by atoms with Gasteiger partial charge >= 0.3 is 0 Å². The van der Waals surface area contributed by atoms with Crippen LogP contribution in [0, 0.1) is 0 Å². The van der Waals surface area contributed by atoms with E-state index < -0.39 is 124 Å². The van der Waals surface area contributed by atoms with Gasteiger partial charge in [-0.15, -0.1) is 0 Å². The van der Waals surface area contributed by atoms with Gasteiger partial charge in [-0.05, 0) is 44.9 Å². The number of carbonyl (C=O) groups excluding carboxylic acids is 1. The molecule has 570 valence electrons. The van der Waals surface area contributed by atoms with Crippen molar-refractivity contribution in [2.75, 3.05) is 26.4 Å². The number of ether oxygens (including phenoxy) is 6. The number of aliphatic hydroxyl groups excluding tert-OH is 11. The molecule has 12 N–H and O–H groups in total. The summed E-state index contributed by atoms with van der Waals surface area (Å²) < 4.78 is 34.4. The number of amides is 1. The van der Waals surface area contributed by atoms with Crippen molar-refractivity contribution in [1.82, 2.24) is 5.32 Å². The van der Waals surface area contributed by atoms with Gasteiger partial charge in [-0.25, -0.2) is 0 Å². The molecule has 3 aliphatic heterocycles. The number of allylic oxidation sites excluding steroid dienone is 5. The topological polar surface area (TPSA) is 307 Å². The fraction of sp³-hybridized carbons (Fsp3) is 0.910. The fourth-order valence-electron chi connectivity index (χ4n) is 13.5. The van der Waals surface area contributed by atoms with Crippen molar-refractivity contribution in [3.63, 3.8) is 0 Å². The van der Waals surface area contributed by atoms with E-state index in [4.69, 9.17) is 28.4 Å². The summed E-state index contributed by atoms with van der Waals surface area (Å²) in [6, 6.07) is -0.995. The Hall–Kier alpha value is -1.99. The molecule has 17 unspecified atom stereocenters. The van der Waals surface area contributed by atoms with Gasteiger partial charge in [0.15, 0.2) is 18.9 Å². The van der Waals surface area contributed by atoms with Crippen LogP contribution in [0.2, 0.25) is 0 Å². The lowest BCUT2D eigenvalue weighted by Crippen LogP contribution is -2.66. The largest absolute Gasteiger partial charge is 0.394 e. The van der Waals surface area contributed by atoms with Gasteiger partial charge in [0, 0.05) is 6.42 Å². The molecular formula is C78H145NO18. The Morgan fingerprint density at radius 1 is 0.361 bits per heavy atom. The molecule has 19 nitrogen and oxygen atoms in total. The Labute approximate surface area is 587 Å². The fourth-order valence-corrected chi connectivity index (χ4v) is 13.5. The van der Waals surface area contributed by atoms with Crippen LogP contribution in [-0.2, 0) is 33.2 Å². The average molecular weight is 1390 g/mol. The Balaban J connectivity index is 1.33. The number of rotatable bonds is 63. The number of carbonyl (C=O) groups is 1. The van der Waals surface area contributed by atoms with Gasteiger partial charge in [-0.2, -0.15) is 0 Å². The Bertz CT molecular complexity index is 1900. The first-order valence-corrected chi connectivity index (χ1v) is 39.7. The lowest BCUT2D eigenvalue weighted by molar-refractivity contribution is -0.379. The van der Waals surface area contributed by atoms with E-state index in [2.05, 4.69) is 43.5 Å². The molecule has 0 saturated carbocycles. The van der Waals surface area contributed by atoms with Crippen molar-refractivity contribution in [1.29, 1.82) is 0 Å². The van der Waals surface area contributed by atoms with Crippen LogP contribution >= 0.6 is 0 Å². The molecule has 19 heteroatoms. The van der Waals surface area contributed by atoms with Gasteiger partial charge in [0.1, 0.15) is 73.2 Å². The van der Waals surface area contributed by atoms with E-state index in [-0.39, 0.29) is 18.9 Å². The summed E-state index contributed by atoms with van der Waals surface area (Å²) in [5.74, 6) is -0.284. The minimum Gasteiger partial charge on any atom is -0.394 e. The van der Waals surface area contributed by atoms with Crippen molar-refractivity contribution in [3.8, 4) is 0 Å². The summed E-state index contributed by atoms with van der Waals surface area (Å²) >= 11 is 0. The van der Waals surface area contributed by atoms with E-state index >= 15 is 0 Å². The van der Waals surface area contributed by atoms with Gasteiger partial charge in [0.25, 0.3) is 0 Å². The maximum atomic E-state index is 13.4. The zero-order valence-electron chi connectivity index (χ0n) is 60.8. The predicted octanol–water partition coefficient (Wildman–Crippen LogP) is 12.7. The van der Waals surface area contributed by atoms with Crippen LogP contribution in [0.1, 0.15) is 322 Å². The third-order valence-electron chi connectivity index (χ3n) is 19.9. The Morgan fingerprint density at radius 2 is 0.660 bits per heavy atom. The van der Waals surface area contributed by atoms with Crippen molar-refractivity contribution < 1.29 is 89.4 Å². The zero-order valence-corrected chi connectivity index (χ0v) is 60.8. The van der Waals surface area contributed by atoms with E-state index in [1.807, 2.05) is 6.08 Å². The number of aliphatic hydroxyl groups is 11. The molecule has 0 aromatic carbocycles. The minimum atomic E-state index is -1.98. The van der Waals surface area contributed by atoms with Gasteiger partial charge in [-0.3, -0.25) is 4.79 Å². The van der Waals surface area contributed by atoms with Crippen molar-refractivity contribution in [2.45, 2.75) is 426 Å². The maximum absolute atomic E-state index is 13.4. The molecular weight excluding hydrogens is 1240 g/mol. The molecule has 3 saturated heterocycles. The monoisotopic (exact) mass is 1380 g/mol. The van der Waals surface area contributed by atoms with Gasteiger partial charge in [0.05, 0.1) is 38.6 Å². The minimum absolute atomic E-state index is 0.236. The summed E-state index contributed by atoms with van der Waals surface area (Å²) in [6.07, 6.45) is 45.9. The van der Waals surface area contributed by atoms with Gasteiger partial charge in [-0.1, -0.05) is 307 Å². The van der Waals surface area contributed by atoms with Gasteiger partial charge < -0.3 is 89.9 Å². The second-order valence-electron chi connectivity index (χ2n) is 28.5. The molecule has 1 amide bonds. The summed E-state index contributed by atoms with van der Waals surface area (Å²) in [5, 5.41) is 121. The predicted molar refractivity (Wildman–Crippen MR) is 383 cm³/mol. The van der Waals surface area contributed by atoms with Crippen LogP contribution in [0.3, 0.4) is 0 Å². The Morgan fingerprint density at radius 3 is 1.03 bits per heavy atom. The van der Waals surface area contributed by atoms with Crippen LogP contribution < -0.4 is 5.32 Å².